The minimum absolute atomic E-state index is 0.101. The van der Waals surface area contributed by atoms with E-state index in [2.05, 4.69) is 11.6 Å². The molecule has 0 amide bonds. The number of thioether (sulfide) groups is 1. The van der Waals surface area contributed by atoms with E-state index in [1.807, 2.05) is 13.8 Å². The van der Waals surface area contributed by atoms with Gasteiger partial charge in [-0.2, -0.15) is 11.8 Å². The van der Waals surface area contributed by atoms with Crippen LogP contribution in [0.3, 0.4) is 0 Å². The Labute approximate surface area is 120 Å². The molecule has 1 atom stereocenters. The fraction of sp³-hybridized carbons (Fsp3) is 0.538. The number of hydrogen-bond donors (Lipinski definition) is 2. The second-order valence-electron chi connectivity index (χ2n) is 4.64. The van der Waals surface area contributed by atoms with Crippen molar-refractivity contribution in [2.45, 2.75) is 38.6 Å². The summed E-state index contributed by atoms with van der Waals surface area (Å²) in [4.78, 5) is 0.276. The lowest BCUT2D eigenvalue weighted by Gasteiger charge is -2.16. The maximum atomic E-state index is 12.4. The summed E-state index contributed by atoms with van der Waals surface area (Å²) >= 11 is 1.71. The molecule has 19 heavy (non-hydrogen) atoms. The molecule has 0 heterocycles. The van der Waals surface area contributed by atoms with Crippen molar-refractivity contribution in [1.29, 1.82) is 0 Å². The van der Waals surface area contributed by atoms with Crippen LogP contribution in [-0.2, 0) is 10.0 Å². The Kier molecular flexibility index (Phi) is 5.70. The van der Waals surface area contributed by atoms with Crippen LogP contribution in [0.4, 0.5) is 5.69 Å². The van der Waals surface area contributed by atoms with E-state index in [1.165, 1.54) is 6.07 Å². The van der Waals surface area contributed by atoms with E-state index in [4.69, 9.17) is 5.73 Å². The van der Waals surface area contributed by atoms with Crippen LogP contribution in [0.15, 0.2) is 17.0 Å². The molecule has 0 spiro atoms. The highest BCUT2D eigenvalue weighted by Gasteiger charge is 2.20. The third kappa shape index (κ3) is 4.40. The first-order valence-electron chi connectivity index (χ1n) is 6.24. The number of hydrogen-bond acceptors (Lipinski definition) is 4. The van der Waals surface area contributed by atoms with E-state index < -0.39 is 10.0 Å². The summed E-state index contributed by atoms with van der Waals surface area (Å²) in [6, 6.07) is 3.20. The van der Waals surface area contributed by atoms with Crippen molar-refractivity contribution in [3.05, 3.63) is 23.3 Å². The van der Waals surface area contributed by atoms with Gasteiger partial charge in [-0.05, 0) is 49.8 Å². The predicted octanol–water partition coefficient (Wildman–Crippen LogP) is 2.31. The minimum Gasteiger partial charge on any atom is -0.399 e. The van der Waals surface area contributed by atoms with Gasteiger partial charge in [-0.1, -0.05) is 6.92 Å². The Morgan fingerprint density at radius 1 is 1.37 bits per heavy atom. The third-order valence-electron chi connectivity index (χ3n) is 2.86. The summed E-state index contributed by atoms with van der Waals surface area (Å²) in [6.07, 6.45) is 0. The fourth-order valence-corrected chi connectivity index (χ4v) is 4.16. The van der Waals surface area contributed by atoms with Crippen molar-refractivity contribution in [3.63, 3.8) is 0 Å². The Morgan fingerprint density at radius 2 is 2.00 bits per heavy atom. The third-order valence-corrected chi connectivity index (χ3v) is 5.72. The quantitative estimate of drug-likeness (QED) is 0.791. The molecule has 4 nitrogen and oxygen atoms in total. The molecule has 0 aliphatic carbocycles. The summed E-state index contributed by atoms with van der Waals surface area (Å²) < 4.78 is 27.4. The first-order valence-corrected chi connectivity index (χ1v) is 8.88. The molecule has 3 N–H and O–H groups in total. The monoisotopic (exact) mass is 302 g/mol. The van der Waals surface area contributed by atoms with Crippen LogP contribution in [0.25, 0.3) is 0 Å². The molecule has 0 saturated heterocycles. The van der Waals surface area contributed by atoms with Crippen LogP contribution in [0.5, 0.6) is 0 Å². The smallest absolute Gasteiger partial charge is 0.241 e. The largest absolute Gasteiger partial charge is 0.399 e. The zero-order valence-corrected chi connectivity index (χ0v) is 13.5. The molecular weight excluding hydrogens is 280 g/mol. The Hall–Kier alpha value is -0.720. The normalized spacial score (nSPS) is 13.5. The van der Waals surface area contributed by atoms with Gasteiger partial charge in [0.2, 0.25) is 10.0 Å². The first kappa shape index (κ1) is 16.3. The number of nitrogen functional groups attached to an aromatic ring is 1. The number of aryl methyl sites for hydroxylation is 1. The van der Waals surface area contributed by atoms with E-state index in [1.54, 1.807) is 24.8 Å². The average molecular weight is 302 g/mol. The van der Waals surface area contributed by atoms with Gasteiger partial charge < -0.3 is 5.73 Å². The number of rotatable bonds is 6. The fourth-order valence-electron chi connectivity index (χ4n) is 1.79. The molecule has 0 radical (unpaired) electrons. The van der Waals surface area contributed by atoms with Crippen molar-refractivity contribution in [2.75, 3.05) is 17.2 Å². The highest BCUT2D eigenvalue weighted by Crippen LogP contribution is 2.22. The van der Waals surface area contributed by atoms with Crippen LogP contribution in [0.2, 0.25) is 0 Å². The van der Waals surface area contributed by atoms with Crippen LogP contribution >= 0.6 is 11.8 Å². The van der Waals surface area contributed by atoms with Gasteiger partial charge in [-0.3, -0.25) is 0 Å². The molecule has 0 aromatic heterocycles. The summed E-state index contributed by atoms with van der Waals surface area (Å²) in [5.41, 5.74) is 7.84. The molecule has 1 unspecified atom stereocenters. The first-order chi connectivity index (χ1) is 8.77. The Balaban J connectivity index is 3.01. The van der Waals surface area contributed by atoms with Gasteiger partial charge in [-0.25, -0.2) is 13.1 Å². The topological polar surface area (TPSA) is 72.2 Å². The molecule has 6 heteroatoms. The summed E-state index contributed by atoms with van der Waals surface area (Å²) in [6.45, 7) is 7.59. The minimum atomic E-state index is -3.51. The predicted molar refractivity (Wildman–Crippen MR) is 83.1 cm³/mol. The molecule has 0 saturated carbocycles. The van der Waals surface area contributed by atoms with E-state index in [9.17, 15) is 8.42 Å². The second kappa shape index (κ2) is 6.63. The van der Waals surface area contributed by atoms with Gasteiger partial charge >= 0.3 is 0 Å². The number of nitrogens with two attached hydrogens (primary N) is 1. The van der Waals surface area contributed by atoms with E-state index in [0.29, 0.717) is 5.69 Å². The van der Waals surface area contributed by atoms with E-state index in [0.717, 1.165) is 22.6 Å². The number of benzene rings is 1. The van der Waals surface area contributed by atoms with Crippen molar-refractivity contribution in [1.82, 2.24) is 4.72 Å². The Morgan fingerprint density at radius 3 is 2.58 bits per heavy atom. The second-order valence-corrected chi connectivity index (χ2v) is 7.64. The van der Waals surface area contributed by atoms with Crippen LogP contribution in [0.1, 0.15) is 25.0 Å². The molecule has 1 aromatic rings. The van der Waals surface area contributed by atoms with Gasteiger partial charge in [0.15, 0.2) is 0 Å². The summed E-state index contributed by atoms with van der Waals surface area (Å²) in [7, 11) is -3.51. The van der Waals surface area contributed by atoms with Crippen molar-refractivity contribution >= 4 is 27.5 Å². The number of anilines is 1. The van der Waals surface area contributed by atoms with Crippen LogP contribution in [-0.4, -0.2) is 26.0 Å². The molecule has 0 aliphatic heterocycles. The zero-order valence-electron chi connectivity index (χ0n) is 11.9. The van der Waals surface area contributed by atoms with Crippen LogP contribution < -0.4 is 10.5 Å². The maximum Gasteiger partial charge on any atom is 0.241 e. The highest BCUT2D eigenvalue weighted by atomic mass is 32.2. The summed E-state index contributed by atoms with van der Waals surface area (Å²) in [5, 5.41) is 0. The molecular formula is C13H22N2O2S2. The molecule has 1 rings (SSSR count). The molecule has 0 aliphatic rings. The zero-order chi connectivity index (χ0) is 14.6. The van der Waals surface area contributed by atoms with Gasteiger partial charge in [0.05, 0.1) is 4.90 Å². The number of nitrogens with one attached hydrogen (secondary N) is 1. The molecule has 0 fully saturated rings. The van der Waals surface area contributed by atoms with Crippen molar-refractivity contribution < 1.29 is 8.42 Å². The van der Waals surface area contributed by atoms with Gasteiger partial charge in [0, 0.05) is 17.5 Å². The van der Waals surface area contributed by atoms with Crippen LogP contribution in [0, 0.1) is 13.8 Å². The average Bonchev–Trinajstić information content (AvgIpc) is 2.30. The van der Waals surface area contributed by atoms with Gasteiger partial charge in [0.25, 0.3) is 0 Å². The van der Waals surface area contributed by atoms with E-state index >= 15 is 0 Å². The van der Waals surface area contributed by atoms with Gasteiger partial charge in [0.1, 0.15) is 0 Å². The molecule has 108 valence electrons. The summed E-state index contributed by atoms with van der Waals surface area (Å²) in [5.74, 6) is 1.73. The lowest BCUT2D eigenvalue weighted by atomic mass is 10.1. The SMILES string of the molecule is CCSCC(C)NS(=O)(=O)c1cc(N)cc(C)c1C. The lowest BCUT2D eigenvalue weighted by Crippen LogP contribution is -2.34. The standard InChI is InChI=1S/C13H22N2O2S2/c1-5-18-8-10(3)15-19(16,17)13-7-12(14)6-9(2)11(13)4/h6-7,10,15H,5,8,14H2,1-4H3. The van der Waals surface area contributed by atoms with Gasteiger partial charge in [-0.15, -0.1) is 0 Å². The Bertz CT molecular complexity index is 542. The van der Waals surface area contributed by atoms with E-state index in [-0.39, 0.29) is 10.9 Å². The van der Waals surface area contributed by atoms with Crippen molar-refractivity contribution in [3.8, 4) is 0 Å². The maximum absolute atomic E-state index is 12.4. The highest BCUT2D eigenvalue weighted by molar-refractivity contribution is 7.99. The molecule has 1 aromatic carbocycles. The lowest BCUT2D eigenvalue weighted by molar-refractivity contribution is 0.570. The van der Waals surface area contributed by atoms with Crippen molar-refractivity contribution in [2.24, 2.45) is 0 Å². The number of sulfonamides is 1. The molecule has 0 bridgehead atoms.